The van der Waals surface area contributed by atoms with E-state index in [0.717, 1.165) is 4.88 Å². The van der Waals surface area contributed by atoms with E-state index in [-0.39, 0.29) is 11.8 Å². The van der Waals surface area contributed by atoms with Gasteiger partial charge in [0.15, 0.2) is 0 Å². The van der Waals surface area contributed by atoms with E-state index in [1.165, 1.54) is 0 Å². The lowest BCUT2D eigenvalue weighted by molar-refractivity contribution is -0.117. The van der Waals surface area contributed by atoms with Crippen LogP contribution in [0.3, 0.4) is 0 Å². The van der Waals surface area contributed by atoms with Gasteiger partial charge in [0, 0.05) is 18.0 Å². The Bertz CT molecular complexity index is 910. The van der Waals surface area contributed by atoms with Crippen molar-refractivity contribution in [2.75, 3.05) is 18.6 Å². The van der Waals surface area contributed by atoms with Gasteiger partial charge in [0.2, 0.25) is 17.6 Å². The van der Waals surface area contributed by atoms with Crippen molar-refractivity contribution in [3.8, 4) is 16.5 Å². The zero-order valence-electron chi connectivity index (χ0n) is 13.3. The molecule has 1 saturated heterocycles. The van der Waals surface area contributed by atoms with Gasteiger partial charge in [-0.1, -0.05) is 22.8 Å². The van der Waals surface area contributed by atoms with Crippen LogP contribution >= 0.6 is 22.9 Å². The Kier molecular flexibility index (Phi) is 4.19. The molecule has 0 aliphatic carbocycles. The fourth-order valence-corrected chi connectivity index (χ4v) is 3.70. The van der Waals surface area contributed by atoms with E-state index in [0.29, 0.717) is 41.1 Å². The summed E-state index contributed by atoms with van der Waals surface area (Å²) in [6, 6.07) is 9.07. The van der Waals surface area contributed by atoms with Crippen molar-refractivity contribution in [2.24, 2.45) is 0 Å². The van der Waals surface area contributed by atoms with E-state index < -0.39 is 0 Å². The molecule has 6 nitrogen and oxygen atoms in total. The summed E-state index contributed by atoms with van der Waals surface area (Å²) in [5.41, 5.74) is 0.653. The molecule has 1 amide bonds. The van der Waals surface area contributed by atoms with Crippen LogP contribution in [-0.4, -0.2) is 29.7 Å². The second kappa shape index (κ2) is 6.50. The van der Waals surface area contributed by atoms with Gasteiger partial charge in [-0.05, 0) is 29.6 Å². The zero-order chi connectivity index (χ0) is 17.4. The Morgan fingerprint density at radius 3 is 3.04 bits per heavy atom. The fraction of sp³-hybridized carbons (Fsp3) is 0.235. The summed E-state index contributed by atoms with van der Waals surface area (Å²) < 4.78 is 10.7. The molecule has 3 heterocycles. The summed E-state index contributed by atoms with van der Waals surface area (Å²) >= 11 is 7.62. The van der Waals surface area contributed by atoms with Crippen molar-refractivity contribution in [3.05, 3.63) is 46.6 Å². The van der Waals surface area contributed by atoms with E-state index in [2.05, 4.69) is 10.1 Å². The van der Waals surface area contributed by atoms with Crippen LogP contribution in [0.15, 0.2) is 40.2 Å². The van der Waals surface area contributed by atoms with Crippen LogP contribution < -0.4 is 9.64 Å². The van der Waals surface area contributed by atoms with Gasteiger partial charge in [0.05, 0.1) is 23.6 Å². The molecular formula is C17H14ClN3O3S. The number of rotatable bonds is 4. The maximum atomic E-state index is 12.5. The highest BCUT2D eigenvalue weighted by atomic mass is 35.5. The topological polar surface area (TPSA) is 68.5 Å². The third-order valence-electron chi connectivity index (χ3n) is 4.09. The molecule has 8 heteroatoms. The minimum atomic E-state index is -0.155. The number of halogens is 1. The van der Waals surface area contributed by atoms with Crippen LogP contribution in [0.25, 0.3) is 10.7 Å². The van der Waals surface area contributed by atoms with Crippen LogP contribution in [0.2, 0.25) is 5.02 Å². The van der Waals surface area contributed by atoms with Crippen molar-refractivity contribution >= 4 is 34.5 Å². The monoisotopic (exact) mass is 375 g/mol. The van der Waals surface area contributed by atoms with Crippen LogP contribution in [0.5, 0.6) is 5.75 Å². The molecule has 0 N–H and O–H groups in total. The Hall–Kier alpha value is -2.38. The first-order valence-electron chi connectivity index (χ1n) is 7.67. The molecule has 2 aromatic heterocycles. The number of hydrogen-bond donors (Lipinski definition) is 0. The van der Waals surface area contributed by atoms with Crippen LogP contribution in [-0.2, 0) is 4.79 Å². The summed E-state index contributed by atoms with van der Waals surface area (Å²) in [4.78, 5) is 19.6. The molecular weight excluding hydrogens is 362 g/mol. The Morgan fingerprint density at radius 1 is 1.40 bits per heavy atom. The second-order valence-corrected chi connectivity index (χ2v) is 7.04. The molecule has 0 saturated carbocycles. The molecule has 0 spiro atoms. The molecule has 1 aliphatic heterocycles. The minimum absolute atomic E-state index is 0.0264. The first-order valence-corrected chi connectivity index (χ1v) is 8.93. The van der Waals surface area contributed by atoms with Crippen LogP contribution in [0.4, 0.5) is 5.69 Å². The van der Waals surface area contributed by atoms with E-state index in [1.54, 1.807) is 41.5 Å². The molecule has 3 aromatic rings. The van der Waals surface area contributed by atoms with Crippen molar-refractivity contribution in [1.82, 2.24) is 10.1 Å². The van der Waals surface area contributed by atoms with Gasteiger partial charge in [-0.25, -0.2) is 0 Å². The normalized spacial score (nSPS) is 17.3. The summed E-state index contributed by atoms with van der Waals surface area (Å²) in [5.74, 6) is 1.44. The highest BCUT2D eigenvalue weighted by Crippen LogP contribution is 2.38. The molecule has 1 atom stereocenters. The third-order valence-corrected chi connectivity index (χ3v) is 5.19. The maximum absolute atomic E-state index is 12.5. The van der Waals surface area contributed by atoms with Gasteiger partial charge in [-0.3, -0.25) is 4.79 Å². The number of carbonyl (C=O) groups is 1. The third kappa shape index (κ3) is 3.01. The molecule has 0 unspecified atom stereocenters. The fourth-order valence-electron chi connectivity index (χ4n) is 2.89. The molecule has 128 valence electrons. The molecule has 1 aliphatic rings. The van der Waals surface area contributed by atoms with E-state index in [1.807, 2.05) is 17.5 Å². The predicted molar refractivity (Wildman–Crippen MR) is 95.3 cm³/mol. The first kappa shape index (κ1) is 16.1. The maximum Gasteiger partial charge on any atom is 0.232 e. The van der Waals surface area contributed by atoms with E-state index in [4.69, 9.17) is 20.9 Å². The first-order chi connectivity index (χ1) is 12.2. The lowest BCUT2D eigenvalue weighted by Gasteiger charge is -2.19. The SMILES string of the molecule is COc1ccc(Cl)cc1N1C[C@@H](c2nc(-c3cccs3)no2)CC1=O. The quantitative estimate of drug-likeness (QED) is 0.689. The highest BCUT2D eigenvalue weighted by Gasteiger charge is 2.36. The van der Waals surface area contributed by atoms with E-state index >= 15 is 0 Å². The highest BCUT2D eigenvalue weighted by molar-refractivity contribution is 7.13. The predicted octanol–water partition coefficient (Wildman–Crippen LogP) is 3.98. The minimum Gasteiger partial charge on any atom is -0.495 e. The van der Waals surface area contributed by atoms with Gasteiger partial charge in [-0.15, -0.1) is 11.3 Å². The molecule has 0 radical (unpaired) electrons. The van der Waals surface area contributed by atoms with Crippen molar-refractivity contribution in [1.29, 1.82) is 0 Å². The Morgan fingerprint density at radius 2 is 2.28 bits per heavy atom. The van der Waals surface area contributed by atoms with Crippen molar-refractivity contribution in [2.45, 2.75) is 12.3 Å². The number of thiophene rings is 1. The molecule has 1 fully saturated rings. The number of methoxy groups -OCH3 is 1. The molecule has 4 rings (SSSR count). The van der Waals surface area contributed by atoms with Crippen LogP contribution in [0, 0.1) is 0 Å². The standard InChI is InChI=1S/C17H14ClN3O3S/c1-23-13-5-4-11(18)8-12(13)21-9-10(7-15(21)22)17-19-16(20-24-17)14-3-2-6-25-14/h2-6,8,10H,7,9H2,1H3/t10-/m0/s1. The number of carbonyl (C=O) groups excluding carboxylic acids is 1. The lowest BCUT2D eigenvalue weighted by atomic mass is 10.1. The number of amides is 1. The Balaban J connectivity index is 1.60. The number of hydrogen-bond acceptors (Lipinski definition) is 6. The number of benzene rings is 1. The summed E-state index contributed by atoms with van der Waals surface area (Å²) in [6.45, 7) is 0.446. The summed E-state index contributed by atoms with van der Waals surface area (Å²) in [5, 5.41) is 6.52. The largest absolute Gasteiger partial charge is 0.495 e. The second-order valence-electron chi connectivity index (χ2n) is 5.66. The number of aromatic nitrogens is 2. The molecule has 25 heavy (non-hydrogen) atoms. The van der Waals surface area contributed by atoms with Crippen LogP contribution in [0.1, 0.15) is 18.2 Å². The average Bonchev–Trinajstić information content (AvgIpc) is 3.34. The number of anilines is 1. The van der Waals surface area contributed by atoms with Gasteiger partial charge < -0.3 is 14.2 Å². The number of nitrogens with zero attached hydrogens (tertiary/aromatic N) is 3. The average molecular weight is 376 g/mol. The Labute approximate surface area is 153 Å². The summed E-state index contributed by atoms with van der Waals surface area (Å²) in [6.07, 6.45) is 0.307. The van der Waals surface area contributed by atoms with Gasteiger partial charge >= 0.3 is 0 Å². The molecule has 1 aromatic carbocycles. The smallest absolute Gasteiger partial charge is 0.232 e. The molecule has 0 bridgehead atoms. The van der Waals surface area contributed by atoms with Gasteiger partial charge in [0.25, 0.3) is 0 Å². The van der Waals surface area contributed by atoms with E-state index in [9.17, 15) is 4.79 Å². The van der Waals surface area contributed by atoms with Gasteiger partial charge in [0.1, 0.15) is 5.75 Å². The van der Waals surface area contributed by atoms with Crippen molar-refractivity contribution < 1.29 is 14.1 Å². The zero-order valence-corrected chi connectivity index (χ0v) is 14.9. The number of ether oxygens (including phenoxy) is 1. The lowest BCUT2D eigenvalue weighted by Crippen LogP contribution is -2.24. The van der Waals surface area contributed by atoms with Gasteiger partial charge in [-0.2, -0.15) is 4.98 Å². The van der Waals surface area contributed by atoms with Crippen molar-refractivity contribution in [3.63, 3.8) is 0 Å². The summed E-state index contributed by atoms with van der Waals surface area (Å²) in [7, 11) is 1.57.